The van der Waals surface area contributed by atoms with E-state index in [1.807, 2.05) is 18.5 Å². The van der Waals surface area contributed by atoms with Gasteiger partial charge in [-0.25, -0.2) is 4.98 Å². The van der Waals surface area contributed by atoms with Gasteiger partial charge in [-0.15, -0.1) is 0 Å². The van der Waals surface area contributed by atoms with Gasteiger partial charge in [0, 0.05) is 57.0 Å². The molecule has 0 aromatic carbocycles. The van der Waals surface area contributed by atoms with Crippen molar-refractivity contribution >= 4 is 5.65 Å². The lowest BCUT2D eigenvalue weighted by Gasteiger charge is -2.35. The number of hydrogen-bond acceptors (Lipinski definition) is 4. The van der Waals surface area contributed by atoms with Crippen LogP contribution >= 0.6 is 0 Å². The van der Waals surface area contributed by atoms with Gasteiger partial charge in [-0.2, -0.15) is 0 Å². The SMILES string of the molecule is Cc1ccc2nc(CN3CCNCC3c3cccnc3)cn2c1. The van der Waals surface area contributed by atoms with Gasteiger partial charge in [0.2, 0.25) is 0 Å². The number of nitrogens with zero attached hydrogens (tertiary/aromatic N) is 4. The Bertz CT molecular complexity index is 796. The predicted octanol–water partition coefficient (Wildman–Crippen LogP) is 2.18. The first-order chi connectivity index (χ1) is 11.3. The Morgan fingerprint density at radius 2 is 2.22 bits per heavy atom. The molecule has 0 amide bonds. The summed E-state index contributed by atoms with van der Waals surface area (Å²) >= 11 is 0. The van der Waals surface area contributed by atoms with Crippen LogP contribution in [0.25, 0.3) is 5.65 Å². The Hall–Kier alpha value is -2.24. The summed E-state index contributed by atoms with van der Waals surface area (Å²) < 4.78 is 2.12. The maximum absolute atomic E-state index is 4.76. The summed E-state index contributed by atoms with van der Waals surface area (Å²) in [7, 11) is 0. The van der Waals surface area contributed by atoms with Crippen molar-refractivity contribution in [3.63, 3.8) is 0 Å². The highest BCUT2D eigenvalue weighted by molar-refractivity contribution is 5.41. The second-order valence-electron chi connectivity index (χ2n) is 6.18. The fourth-order valence-corrected chi connectivity index (χ4v) is 3.28. The van der Waals surface area contributed by atoms with E-state index in [0.29, 0.717) is 6.04 Å². The highest BCUT2D eigenvalue weighted by atomic mass is 15.2. The van der Waals surface area contributed by atoms with Gasteiger partial charge in [0.15, 0.2) is 0 Å². The Labute approximate surface area is 136 Å². The zero-order valence-electron chi connectivity index (χ0n) is 13.3. The van der Waals surface area contributed by atoms with Crippen LogP contribution in [0.4, 0.5) is 0 Å². The van der Waals surface area contributed by atoms with Crippen LogP contribution in [-0.4, -0.2) is 38.9 Å². The summed E-state index contributed by atoms with van der Waals surface area (Å²) in [6.45, 7) is 5.96. The van der Waals surface area contributed by atoms with Crippen molar-refractivity contribution in [2.75, 3.05) is 19.6 Å². The van der Waals surface area contributed by atoms with Crippen LogP contribution in [-0.2, 0) is 6.54 Å². The van der Waals surface area contributed by atoms with Gasteiger partial charge in [0.1, 0.15) is 5.65 Å². The van der Waals surface area contributed by atoms with E-state index in [4.69, 9.17) is 4.98 Å². The average Bonchev–Trinajstić information content (AvgIpc) is 2.97. The predicted molar refractivity (Wildman–Crippen MR) is 90.2 cm³/mol. The summed E-state index contributed by atoms with van der Waals surface area (Å²) in [5, 5.41) is 3.49. The molecule has 0 bridgehead atoms. The Morgan fingerprint density at radius 1 is 1.26 bits per heavy atom. The van der Waals surface area contributed by atoms with E-state index in [0.717, 1.165) is 37.5 Å². The van der Waals surface area contributed by atoms with Gasteiger partial charge >= 0.3 is 0 Å². The molecule has 1 atom stereocenters. The molecular weight excluding hydrogens is 286 g/mol. The van der Waals surface area contributed by atoms with E-state index in [-0.39, 0.29) is 0 Å². The highest BCUT2D eigenvalue weighted by Gasteiger charge is 2.24. The minimum atomic E-state index is 0.351. The fourth-order valence-electron chi connectivity index (χ4n) is 3.28. The van der Waals surface area contributed by atoms with E-state index in [1.54, 1.807) is 0 Å². The summed E-state index contributed by atoms with van der Waals surface area (Å²) in [5.74, 6) is 0. The van der Waals surface area contributed by atoms with Crippen LogP contribution in [0, 0.1) is 6.92 Å². The van der Waals surface area contributed by atoms with Crippen molar-refractivity contribution in [2.24, 2.45) is 0 Å². The summed E-state index contributed by atoms with van der Waals surface area (Å²) in [6.07, 6.45) is 8.07. The molecule has 23 heavy (non-hydrogen) atoms. The van der Waals surface area contributed by atoms with Gasteiger partial charge in [-0.1, -0.05) is 12.1 Å². The van der Waals surface area contributed by atoms with Gasteiger partial charge in [0.25, 0.3) is 0 Å². The monoisotopic (exact) mass is 307 g/mol. The minimum Gasteiger partial charge on any atom is -0.314 e. The van der Waals surface area contributed by atoms with E-state index in [9.17, 15) is 0 Å². The van der Waals surface area contributed by atoms with Crippen molar-refractivity contribution in [3.8, 4) is 0 Å². The molecule has 1 aliphatic heterocycles. The fraction of sp³-hybridized carbons (Fsp3) is 0.333. The molecule has 3 aromatic rings. The molecule has 5 heteroatoms. The van der Waals surface area contributed by atoms with Crippen LogP contribution in [0.1, 0.15) is 22.9 Å². The molecule has 1 fully saturated rings. The molecule has 0 radical (unpaired) electrons. The van der Waals surface area contributed by atoms with Crippen LogP contribution in [0.3, 0.4) is 0 Å². The van der Waals surface area contributed by atoms with Crippen molar-refractivity contribution < 1.29 is 0 Å². The lowest BCUT2D eigenvalue weighted by Crippen LogP contribution is -2.45. The Morgan fingerprint density at radius 3 is 3.09 bits per heavy atom. The first-order valence-electron chi connectivity index (χ1n) is 8.08. The number of aryl methyl sites for hydroxylation is 1. The zero-order chi connectivity index (χ0) is 15.6. The Kier molecular flexibility index (Phi) is 3.81. The molecule has 4 rings (SSSR count). The summed E-state index contributed by atoms with van der Waals surface area (Å²) in [6, 6.07) is 8.70. The first kappa shape index (κ1) is 14.4. The summed E-state index contributed by atoms with van der Waals surface area (Å²) in [5.41, 5.74) is 4.64. The minimum absolute atomic E-state index is 0.351. The normalized spacial score (nSPS) is 19.3. The largest absolute Gasteiger partial charge is 0.314 e. The third-order valence-electron chi connectivity index (χ3n) is 4.44. The van der Waals surface area contributed by atoms with E-state index < -0.39 is 0 Å². The molecule has 3 aromatic heterocycles. The quantitative estimate of drug-likeness (QED) is 0.805. The highest BCUT2D eigenvalue weighted by Crippen LogP contribution is 2.23. The number of rotatable bonds is 3. The topological polar surface area (TPSA) is 45.5 Å². The number of fused-ring (bicyclic) bond motifs is 1. The molecule has 0 aliphatic carbocycles. The van der Waals surface area contributed by atoms with Gasteiger partial charge in [0.05, 0.1) is 5.69 Å². The lowest BCUT2D eigenvalue weighted by atomic mass is 10.1. The number of aromatic nitrogens is 3. The third-order valence-corrected chi connectivity index (χ3v) is 4.44. The third kappa shape index (κ3) is 2.98. The molecule has 4 heterocycles. The second-order valence-corrected chi connectivity index (χ2v) is 6.18. The molecular formula is C18H21N5. The molecule has 118 valence electrons. The maximum atomic E-state index is 4.76. The smallest absolute Gasteiger partial charge is 0.137 e. The van der Waals surface area contributed by atoms with Crippen molar-refractivity contribution in [1.82, 2.24) is 24.6 Å². The second kappa shape index (κ2) is 6.10. The average molecular weight is 307 g/mol. The van der Waals surface area contributed by atoms with Crippen LogP contribution in [0.2, 0.25) is 0 Å². The van der Waals surface area contributed by atoms with Gasteiger partial charge < -0.3 is 9.72 Å². The van der Waals surface area contributed by atoms with E-state index >= 15 is 0 Å². The molecule has 1 unspecified atom stereocenters. The first-order valence-corrected chi connectivity index (χ1v) is 8.08. The molecule has 1 saturated heterocycles. The Balaban J connectivity index is 1.59. The van der Waals surface area contributed by atoms with E-state index in [2.05, 4.69) is 57.1 Å². The number of hydrogen-bond donors (Lipinski definition) is 1. The van der Waals surface area contributed by atoms with Crippen LogP contribution < -0.4 is 5.32 Å². The van der Waals surface area contributed by atoms with Crippen LogP contribution in [0.5, 0.6) is 0 Å². The van der Waals surface area contributed by atoms with Crippen molar-refractivity contribution in [1.29, 1.82) is 0 Å². The molecule has 1 aliphatic rings. The molecule has 0 saturated carbocycles. The molecule has 1 N–H and O–H groups in total. The molecule has 0 spiro atoms. The standard InChI is InChI=1S/C18H21N5/c1-14-4-5-18-21-16(13-23(18)11-14)12-22-8-7-20-10-17(22)15-3-2-6-19-9-15/h2-6,9,11,13,17,20H,7-8,10,12H2,1H3. The maximum Gasteiger partial charge on any atom is 0.137 e. The number of nitrogens with one attached hydrogen (secondary N) is 1. The zero-order valence-corrected chi connectivity index (χ0v) is 13.3. The molecule has 5 nitrogen and oxygen atoms in total. The van der Waals surface area contributed by atoms with Crippen LogP contribution in [0.15, 0.2) is 49.1 Å². The lowest BCUT2D eigenvalue weighted by molar-refractivity contribution is 0.152. The van der Waals surface area contributed by atoms with Crippen molar-refractivity contribution in [2.45, 2.75) is 19.5 Å². The van der Waals surface area contributed by atoms with Crippen molar-refractivity contribution in [3.05, 3.63) is 65.9 Å². The van der Waals surface area contributed by atoms with Gasteiger partial charge in [-0.3, -0.25) is 9.88 Å². The number of imidazole rings is 1. The van der Waals surface area contributed by atoms with Gasteiger partial charge in [-0.05, 0) is 30.2 Å². The van der Waals surface area contributed by atoms with E-state index in [1.165, 1.54) is 11.1 Å². The number of pyridine rings is 2. The number of piperazine rings is 1. The summed E-state index contributed by atoms with van der Waals surface area (Å²) in [4.78, 5) is 11.5.